The molecule has 0 spiro atoms. The Morgan fingerprint density at radius 2 is 1.03 bits per heavy atom. The number of carbonyl (C=O) groups excluding carboxylic acids is 9. The molecule has 6 atom stereocenters. The summed E-state index contributed by atoms with van der Waals surface area (Å²) >= 11 is 1.51. The molecule has 352 valence electrons. The molecule has 2 aromatic carbocycles. The van der Waals surface area contributed by atoms with Gasteiger partial charge in [0.1, 0.15) is 30.2 Å². The number of thioether (sulfide) groups is 1. The average Bonchev–Trinajstić information content (AvgIpc) is 3.23. The number of amides is 9. The van der Waals surface area contributed by atoms with E-state index in [1.54, 1.807) is 74.8 Å². The number of carbonyl (C=O) groups is 9. The second kappa shape index (κ2) is 28.6. The number of nitrogens with two attached hydrogens (primary N) is 3. The molecule has 64 heavy (non-hydrogen) atoms. The maximum Gasteiger partial charge on any atom is 0.256 e. The Morgan fingerprint density at radius 3 is 1.53 bits per heavy atom. The maximum absolute atomic E-state index is 14.2. The molecule has 2 aromatic rings. The highest BCUT2D eigenvalue weighted by Crippen LogP contribution is 2.11. The summed E-state index contributed by atoms with van der Waals surface area (Å²) in [4.78, 5) is 117. The smallest absolute Gasteiger partial charge is 0.256 e. The summed E-state index contributed by atoms with van der Waals surface area (Å²) in [6, 6.07) is 10.3. The summed E-state index contributed by atoms with van der Waals surface area (Å²) in [5, 5.41) is 17.2. The van der Waals surface area contributed by atoms with E-state index in [2.05, 4.69) is 37.3 Å². The van der Waals surface area contributed by atoms with Crippen molar-refractivity contribution in [2.24, 2.45) is 23.1 Å². The van der Waals surface area contributed by atoms with Crippen LogP contribution in [0.15, 0.2) is 60.7 Å². The Kier molecular flexibility index (Phi) is 24.2. The Labute approximate surface area is 378 Å². The van der Waals surface area contributed by atoms with Crippen LogP contribution in [-0.2, 0) is 56.0 Å². The Balaban J connectivity index is 2.34. The Bertz CT molecular complexity index is 1870. The molecule has 0 aliphatic rings. The minimum atomic E-state index is -1.38. The highest BCUT2D eigenvalue weighted by molar-refractivity contribution is 7.98. The first-order chi connectivity index (χ1) is 30.3. The quantitative estimate of drug-likeness (QED) is 0.0407. The summed E-state index contributed by atoms with van der Waals surface area (Å²) in [6.45, 7) is 3.15. The average molecular weight is 912 g/mol. The fourth-order valence-electron chi connectivity index (χ4n) is 6.24. The molecule has 13 N–H and O–H groups in total. The van der Waals surface area contributed by atoms with Crippen molar-refractivity contribution < 1.29 is 43.2 Å². The van der Waals surface area contributed by atoms with Crippen molar-refractivity contribution in [2.45, 2.75) is 101 Å². The van der Waals surface area contributed by atoms with E-state index in [-0.39, 0.29) is 50.9 Å². The number of benzene rings is 2. The van der Waals surface area contributed by atoms with Gasteiger partial charge in [-0.15, -0.1) is 0 Å². The lowest BCUT2D eigenvalue weighted by Crippen LogP contribution is -2.59. The van der Waals surface area contributed by atoms with Crippen LogP contribution in [0.3, 0.4) is 0 Å². The number of hydrogen-bond donors (Lipinski definition) is 10. The zero-order valence-electron chi connectivity index (χ0n) is 37.1. The Hall–Kier alpha value is -6.06. The number of nitrogens with one attached hydrogen (secondary N) is 7. The normalized spacial score (nSPS) is 13.8. The molecule has 0 aliphatic heterocycles. The van der Waals surface area contributed by atoms with Crippen LogP contribution < -0.4 is 54.5 Å². The van der Waals surface area contributed by atoms with Gasteiger partial charge in [-0.2, -0.15) is 11.8 Å². The van der Waals surface area contributed by atoms with Crippen molar-refractivity contribution in [3.05, 3.63) is 71.8 Å². The molecule has 2 rings (SSSR count). The SMILES string of the molecule is CSCC[C@@H](NC(=O)[C@H](CC(C)C)NC(=O)CNC(=O)[C@H](Cc1ccccc1)NC(=O)[C@H](Cc1ccccc1)NC(=O)[C@H](CCC(N)=O)NC(=O)[C@@H](N)CCC(N)=O)C(=O)NN(C)C. The van der Waals surface area contributed by atoms with E-state index in [0.29, 0.717) is 23.3 Å². The molecule has 0 fully saturated rings. The molecule has 0 bridgehead atoms. The van der Waals surface area contributed by atoms with Gasteiger partial charge < -0.3 is 49.1 Å². The van der Waals surface area contributed by atoms with Crippen molar-refractivity contribution in [2.75, 3.05) is 32.6 Å². The summed E-state index contributed by atoms with van der Waals surface area (Å²) in [5.41, 5.74) is 20.4. The number of hydrazine groups is 1. The van der Waals surface area contributed by atoms with Gasteiger partial charge in [0.15, 0.2) is 0 Å². The van der Waals surface area contributed by atoms with Gasteiger partial charge in [0.2, 0.25) is 47.3 Å². The Morgan fingerprint density at radius 1 is 0.578 bits per heavy atom. The monoisotopic (exact) mass is 911 g/mol. The van der Waals surface area contributed by atoms with Gasteiger partial charge in [-0.3, -0.25) is 48.6 Å². The van der Waals surface area contributed by atoms with E-state index in [0.717, 1.165) is 0 Å². The van der Waals surface area contributed by atoms with Crippen LogP contribution in [0.5, 0.6) is 0 Å². The lowest BCUT2D eigenvalue weighted by molar-refractivity contribution is -0.135. The van der Waals surface area contributed by atoms with Crippen molar-refractivity contribution in [1.29, 1.82) is 0 Å². The molecule has 0 heterocycles. The third-order valence-corrected chi connectivity index (χ3v) is 10.2. The lowest BCUT2D eigenvalue weighted by Gasteiger charge is -2.26. The zero-order valence-corrected chi connectivity index (χ0v) is 38.0. The first-order valence-electron chi connectivity index (χ1n) is 20.9. The van der Waals surface area contributed by atoms with Crippen LogP contribution in [0.2, 0.25) is 0 Å². The fourth-order valence-corrected chi connectivity index (χ4v) is 6.71. The van der Waals surface area contributed by atoms with Crippen molar-refractivity contribution in [3.63, 3.8) is 0 Å². The predicted molar refractivity (Wildman–Crippen MR) is 242 cm³/mol. The van der Waals surface area contributed by atoms with Gasteiger partial charge >= 0.3 is 0 Å². The van der Waals surface area contributed by atoms with E-state index in [1.807, 2.05) is 20.1 Å². The summed E-state index contributed by atoms with van der Waals surface area (Å²) in [7, 11) is 3.29. The van der Waals surface area contributed by atoms with Gasteiger partial charge in [0.25, 0.3) is 5.91 Å². The van der Waals surface area contributed by atoms with Crippen LogP contribution in [0, 0.1) is 5.92 Å². The van der Waals surface area contributed by atoms with Gasteiger partial charge in [-0.1, -0.05) is 74.5 Å². The molecule has 0 saturated carbocycles. The molecular weight excluding hydrogens is 847 g/mol. The molecule has 9 amide bonds. The van der Waals surface area contributed by atoms with Crippen LogP contribution in [0.25, 0.3) is 0 Å². The topological polar surface area (TPSA) is 319 Å². The van der Waals surface area contributed by atoms with Gasteiger partial charge in [-0.05, 0) is 54.7 Å². The predicted octanol–water partition coefficient (Wildman–Crippen LogP) is -1.74. The minimum Gasteiger partial charge on any atom is -0.370 e. The van der Waals surface area contributed by atoms with Crippen LogP contribution >= 0.6 is 11.8 Å². The van der Waals surface area contributed by atoms with Crippen LogP contribution in [-0.4, -0.2) is 127 Å². The first-order valence-corrected chi connectivity index (χ1v) is 22.3. The molecule has 0 aromatic heterocycles. The third kappa shape index (κ3) is 21.3. The van der Waals surface area contributed by atoms with E-state index in [4.69, 9.17) is 17.2 Å². The van der Waals surface area contributed by atoms with Gasteiger partial charge in [0.05, 0.1) is 12.6 Å². The molecule has 0 saturated heterocycles. The van der Waals surface area contributed by atoms with Crippen LogP contribution in [0.4, 0.5) is 0 Å². The van der Waals surface area contributed by atoms with Gasteiger partial charge in [-0.25, -0.2) is 5.01 Å². The molecule has 0 radical (unpaired) electrons. The third-order valence-electron chi connectivity index (χ3n) is 9.54. The second-order valence-electron chi connectivity index (χ2n) is 15.9. The lowest BCUT2D eigenvalue weighted by atomic mass is 10.0. The number of rotatable bonds is 29. The van der Waals surface area contributed by atoms with E-state index in [1.165, 1.54) is 16.8 Å². The fraction of sp³-hybridized carbons (Fsp3) is 0.512. The maximum atomic E-state index is 14.2. The molecule has 21 heteroatoms. The van der Waals surface area contributed by atoms with E-state index >= 15 is 0 Å². The molecular formula is C43H65N11O9S. The molecule has 0 aliphatic carbocycles. The summed E-state index contributed by atoms with van der Waals surface area (Å²) < 4.78 is 0. The minimum absolute atomic E-state index is 0.0304. The van der Waals surface area contributed by atoms with E-state index in [9.17, 15) is 43.2 Å². The standard InChI is InChI=1S/C43H65N11O9S/c1-26(2)22-32(41(61)50-31(20-21-64-5)43(63)53-54(3)4)48-37(57)25-47-39(59)33(23-27-12-8-6-9-13-27)51-42(62)34(24-28-14-10-7-11-15-28)52-40(60)30(17-19-36(46)56)49-38(58)29(44)16-18-35(45)55/h6-15,26,29-34H,16-25,44H2,1-5H3,(H2,45,55)(H2,46,56)(H,47,59)(H,48,57)(H,49,58)(H,50,61)(H,51,62)(H,52,60)(H,53,63)/t29-,30-,31+,32-,33-,34-/m0/s1. The van der Waals surface area contributed by atoms with Crippen LogP contribution in [0.1, 0.15) is 63.5 Å². The zero-order chi connectivity index (χ0) is 47.8. The van der Waals surface area contributed by atoms with Crippen molar-refractivity contribution in [3.8, 4) is 0 Å². The largest absolute Gasteiger partial charge is 0.370 e. The second-order valence-corrected chi connectivity index (χ2v) is 16.8. The van der Waals surface area contributed by atoms with E-state index < -0.39 is 96.0 Å². The summed E-state index contributed by atoms with van der Waals surface area (Å²) in [5.74, 6) is -5.80. The first kappa shape index (κ1) is 54.1. The number of nitrogens with zero attached hydrogens (tertiary/aromatic N) is 1. The summed E-state index contributed by atoms with van der Waals surface area (Å²) in [6.07, 6.45) is 1.49. The molecule has 20 nitrogen and oxygen atoms in total. The molecule has 0 unspecified atom stereocenters. The number of primary amides is 2. The van der Waals surface area contributed by atoms with Crippen molar-refractivity contribution in [1.82, 2.24) is 42.3 Å². The van der Waals surface area contributed by atoms with Gasteiger partial charge in [0, 0.05) is 39.8 Å². The van der Waals surface area contributed by atoms with Crippen molar-refractivity contribution >= 4 is 64.9 Å². The highest BCUT2D eigenvalue weighted by atomic mass is 32.2. The highest BCUT2D eigenvalue weighted by Gasteiger charge is 2.32. The number of hydrogen-bond acceptors (Lipinski definition) is 12.